The largest absolute Gasteiger partial charge is 0.394 e. The maximum atomic E-state index is 9.64. The fourth-order valence-corrected chi connectivity index (χ4v) is 2.80. The Morgan fingerprint density at radius 2 is 2.21 bits per heavy atom. The van der Waals surface area contributed by atoms with Gasteiger partial charge in [-0.2, -0.15) is 0 Å². The number of fused-ring (bicyclic) bond motifs is 1. The summed E-state index contributed by atoms with van der Waals surface area (Å²) < 4.78 is 1.04. The van der Waals surface area contributed by atoms with Crippen molar-refractivity contribution in [2.24, 2.45) is 5.92 Å². The molecule has 3 rings (SSSR count). The molecule has 2 N–H and O–H groups in total. The van der Waals surface area contributed by atoms with Crippen LogP contribution in [-0.4, -0.2) is 23.2 Å². The van der Waals surface area contributed by atoms with Crippen LogP contribution in [0.5, 0.6) is 0 Å². The topological polar surface area (TPSA) is 45.1 Å². The second-order valence-electron chi connectivity index (χ2n) is 5.12. The number of nitrogens with zero attached hydrogens (tertiary/aromatic N) is 1. The van der Waals surface area contributed by atoms with Gasteiger partial charge in [-0.1, -0.05) is 28.1 Å². The van der Waals surface area contributed by atoms with Crippen molar-refractivity contribution in [3.8, 4) is 0 Å². The van der Waals surface area contributed by atoms with Crippen LogP contribution in [0.25, 0.3) is 10.9 Å². The van der Waals surface area contributed by atoms with Crippen molar-refractivity contribution in [1.82, 2.24) is 10.3 Å². The number of hydrogen-bond acceptors (Lipinski definition) is 3. The molecule has 1 aromatic heterocycles. The molecule has 0 amide bonds. The van der Waals surface area contributed by atoms with Gasteiger partial charge in [-0.3, -0.25) is 4.98 Å². The zero-order valence-electron chi connectivity index (χ0n) is 10.6. The standard InChI is InChI=1S/C15H17BrN2O/c16-13-6-5-12(15-11(13)2-1-7-17-15)14(9-19)18-8-10-3-4-10/h1-2,5-7,10,14,18-19H,3-4,8-9H2. The molecular formula is C15H17BrN2O. The van der Waals surface area contributed by atoms with Crippen LogP contribution < -0.4 is 5.32 Å². The summed E-state index contributed by atoms with van der Waals surface area (Å²) in [4.78, 5) is 4.47. The zero-order chi connectivity index (χ0) is 13.2. The molecule has 0 spiro atoms. The van der Waals surface area contributed by atoms with Crippen LogP contribution in [0.4, 0.5) is 0 Å². The van der Waals surface area contributed by atoms with Gasteiger partial charge in [0, 0.05) is 16.1 Å². The van der Waals surface area contributed by atoms with E-state index in [9.17, 15) is 5.11 Å². The number of aliphatic hydroxyl groups is 1. The number of nitrogens with one attached hydrogen (secondary N) is 1. The number of aromatic nitrogens is 1. The average Bonchev–Trinajstić information content (AvgIpc) is 3.26. The molecule has 0 bridgehead atoms. The highest BCUT2D eigenvalue weighted by atomic mass is 79.9. The van der Waals surface area contributed by atoms with Crippen molar-refractivity contribution in [2.45, 2.75) is 18.9 Å². The lowest BCUT2D eigenvalue weighted by Gasteiger charge is -2.18. The maximum absolute atomic E-state index is 9.64. The smallest absolute Gasteiger partial charge is 0.0761 e. The van der Waals surface area contributed by atoms with Crippen molar-refractivity contribution < 1.29 is 5.11 Å². The van der Waals surface area contributed by atoms with E-state index in [1.54, 1.807) is 6.20 Å². The minimum atomic E-state index is -0.0360. The summed E-state index contributed by atoms with van der Waals surface area (Å²) in [5, 5.41) is 14.2. The summed E-state index contributed by atoms with van der Waals surface area (Å²) in [5.74, 6) is 0.795. The Balaban J connectivity index is 1.95. The molecule has 1 saturated carbocycles. The predicted octanol–water partition coefficient (Wildman–Crippen LogP) is 3.03. The molecular weight excluding hydrogens is 304 g/mol. The van der Waals surface area contributed by atoms with Gasteiger partial charge in [0.05, 0.1) is 18.2 Å². The van der Waals surface area contributed by atoms with Gasteiger partial charge in [0.15, 0.2) is 0 Å². The fraction of sp³-hybridized carbons (Fsp3) is 0.400. The van der Waals surface area contributed by atoms with E-state index in [0.717, 1.165) is 33.4 Å². The highest BCUT2D eigenvalue weighted by molar-refractivity contribution is 9.10. The van der Waals surface area contributed by atoms with Crippen molar-refractivity contribution >= 4 is 26.8 Å². The van der Waals surface area contributed by atoms with Gasteiger partial charge in [-0.05, 0) is 43.0 Å². The first-order chi connectivity index (χ1) is 9.29. The highest BCUT2D eigenvalue weighted by Crippen LogP contribution is 2.31. The van der Waals surface area contributed by atoms with Crippen LogP contribution in [0.3, 0.4) is 0 Å². The number of halogens is 1. The first kappa shape index (κ1) is 13.0. The van der Waals surface area contributed by atoms with Crippen LogP contribution in [-0.2, 0) is 0 Å². The second-order valence-corrected chi connectivity index (χ2v) is 5.98. The average molecular weight is 321 g/mol. The molecule has 0 saturated heterocycles. The third-order valence-corrected chi connectivity index (χ3v) is 4.35. The van der Waals surface area contributed by atoms with E-state index in [-0.39, 0.29) is 12.6 Å². The van der Waals surface area contributed by atoms with E-state index in [2.05, 4.69) is 26.2 Å². The third kappa shape index (κ3) is 2.81. The molecule has 1 aliphatic carbocycles. The van der Waals surface area contributed by atoms with Crippen LogP contribution in [0, 0.1) is 5.92 Å². The Labute approximate surface area is 121 Å². The molecule has 1 atom stereocenters. The second kappa shape index (κ2) is 5.57. The molecule has 4 heteroatoms. The summed E-state index contributed by atoms with van der Waals surface area (Å²) in [6, 6.07) is 8.01. The lowest BCUT2D eigenvalue weighted by atomic mass is 10.0. The van der Waals surface area contributed by atoms with Crippen molar-refractivity contribution in [1.29, 1.82) is 0 Å². The summed E-state index contributed by atoms with van der Waals surface area (Å²) in [6.07, 6.45) is 4.42. The van der Waals surface area contributed by atoms with Gasteiger partial charge in [0.25, 0.3) is 0 Å². The van der Waals surface area contributed by atoms with E-state index < -0.39 is 0 Å². The van der Waals surface area contributed by atoms with Gasteiger partial charge in [-0.15, -0.1) is 0 Å². The molecule has 1 unspecified atom stereocenters. The lowest BCUT2D eigenvalue weighted by Crippen LogP contribution is -2.26. The first-order valence-electron chi connectivity index (χ1n) is 6.67. The van der Waals surface area contributed by atoms with Gasteiger partial charge in [-0.25, -0.2) is 0 Å². The molecule has 19 heavy (non-hydrogen) atoms. The molecule has 100 valence electrons. The molecule has 1 heterocycles. The molecule has 1 aromatic carbocycles. The van der Waals surface area contributed by atoms with Crippen LogP contribution in [0.2, 0.25) is 0 Å². The van der Waals surface area contributed by atoms with E-state index >= 15 is 0 Å². The Morgan fingerprint density at radius 1 is 1.37 bits per heavy atom. The fourth-order valence-electron chi connectivity index (χ4n) is 2.34. The predicted molar refractivity (Wildman–Crippen MR) is 80.0 cm³/mol. The van der Waals surface area contributed by atoms with Crippen LogP contribution in [0.15, 0.2) is 34.9 Å². The summed E-state index contributed by atoms with van der Waals surface area (Å²) in [6.45, 7) is 1.08. The zero-order valence-corrected chi connectivity index (χ0v) is 12.2. The van der Waals surface area contributed by atoms with Crippen molar-refractivity contribution in [3.05, 3.63) is 40.5 Å². The Morgan fingerprint density at radius 3 is 2.95 bits per heavy atom. The summed E-state index contributed by atoms with van der Waals surface area (Å²) in [5.41, 5.74) is 2.03. The molecule has 1 fully saturated rings. The SMILES string of the molecule is OCC(NCC1CC1)c1ccc(Br)c2cccnc12. The van der Waals surface area contributed by atoms with Gasteiger partial charge >= 0.3 is 0 Å². The Bertz CT molecular complexity index is 583. The van der Waals surface area contributed by atoms with Crippen LogP contribution in [0.1, 0.15) is 24.4 Å². The Kier molecular flexibility index (Phi) is 3.82. The van der Waals surface area contributed by atoms with E-state index in [4.69, 9.17) is 0 Å². The number of rotatable bonds is 5. The summed E-state index contributed by atoms with van der Waals surface area (Å²) in [7, 11) is 0. The molecule has 2 aromatic rings. The molecule has 0 radical (unpaired) electrons. The van der Waals surface area contributed by atoms with Gasteiger partial charge in [0.1, 0.15) is 0 Å². The normalized spacial score (nSPS) is 16.7. The highest BCUT2D eigenvalue weighted by Gasteiger charge is 2.23. The van der Waals surface area contributed by atoms with Crippen molar-refractivity contribution in [2.75, 3.05) is 13.2 Å². The first-order valence-corrected chi connectivity index (χ1v) is 7.46. The van der Waals surface area contributed by atoms with Gasteiger partial charge < -0.3 is 10.4 Å². The number of aliphatic hydroxyl groups excluding tert-OH is 1. The Hall–Kier alpha value is -0.970. The molecule has 3 nitrogen and oxygen atoms in total. The number of pyridine rings is 1. The van der Waals surface area contributed by atoms with Crippen LogP contribution >= 0.6 is 15.9 Å². The minimum Gasteiger partial charge on any atom is -0.394 e. The minimum absolute atomic E-state index is 0.0360. The molecule has 1 aliphatic rings. The van der Waals surface area contributed by atoms with E-state index in [1.165, 1.54) is 12.8 Å². The monoisotopic (exact) mass is 320 g/mol. The molecule has 0 aliphatic heterocycles. The number of hydrogen-bond donors (Lipinski definition) is 2. The quantitative estimate of drug-likeness (QED) is 0.890. The van der Waals surface area contributed by atoms with E-state index in [1.807, 2.05) is 24.3 Å². The number of benzene rings is 1. The van der Waals surface area contributed by atoms with Gasteiger partial charge in [0.2, 0.25) is 0 Å². The lowest BCUT2D eigenvalue weighted by molar-refractivity contribution is 0.244. The van der Waals surface area contributed by atoms with E-state index in [0.29, 0.717) is 0 Å². The third-order valence-electron chi connectivity index (χ3n) is 3.66. The summed E-state index contributed by atoms with van der Waals surface area (Å²) >= 11 is 3.55. The maximum Gasteiger partial charge on any atom is 0.0761 e. The van der Waals surface area contributed by atoms with Crippen molar-refractivity contribution in [3.63, 3.8) is 0 Å².